The maximum Gasteiger partial charge on any atom is 0.323 e. The second-order valence-corrected chi connectivity index (χ2v) is 3.48. The smallest absolute Gasteiger partial charge is 0.323 e. The van der Waals surface area contributed by atoms with Crippen molar-refractivity contribution in [1.29, 1.82) is 0 Å². The topological polar surface area (TPSA) is 94.0 Å². The van der Waals surface area contributed by atoms with Gasteiger partial charge in [-0.15, -0.1) is 0 Å². The molecule has 1 aromatic rings. The number of carboxylic acid groups (broad SMARTS) is 1. The van der Waals surface area contributed by atoms with E-state index in [0.717, 1.165) is 0 Å². The summed E-state index contributed by atoms with van der Waals surface area (Å²) in [6.07, 6.45) is 4.12. The van der Waals surface area contributed by atoms with Gasteiger partial charge in [0.25, 0.3) is 0 Å². The lowest BCUT2D eigenvalue weighted by Gasteiger charge is -2.18. The normalized spacial score (nSPS) is 15.0. The van der Waals surface area contributed by atoms with E-state index in [1.54, 1.807) is 11.0 Å². The summed E-state index contributed by atoms with van der Waals surface area (Å²) in [7, 11) is 0. The van der Waals surface area contributed by atoms with Crippen molar-refractivity contribution in [3.05, 3.63) is 12.7 Å². The zero-order valence-corrected chi connectivity index (χ0v) is 8.05. The minimum atomic E-state index is -1.15. The van der Waals surface area contributed by atoms with Gasteiger partial charge < -0.3 is 10.8 Å². The summed E-state index contributed by atoms with van der Waals surface area (Å²) in [5.41, 5.74) is 4.40. The largest absolute Gasteiger partial charge is 0.480 e. The Hall–Kier alpha value is -1.43. The van der Waals surface area contributed by atoms with Crippen LogP contribution in [-0.2, 0) is 11.3 Å². The van der Waals surface area contributed by atoms with E-state index >= 15 is 0 Å². The van der Waals surface area contributed by atoms with Crippen LogP contribution >= 0.6 is 0 Å². The monoisotopic (exact) mass is 198 g/mol. The molecular weight excluding hydrogens is 184 g/mol. The molecule has 3 N–H and O–H groups in total. The Kier molecular flexibility index (Phi) is 3.19. The van der Waals surface area contributed by atoms with Gasteiger partial charge in [0.1, 0.15) is 18.2 Å². The number of aromatic nitrogens is 3. The van der Waals surface area contributed by atoms with E-state index in [-0.39, 0.29) is 0 Å². The molecule has 0 aliphatic carbocycles. The highest BCUT2D eigenvalue weighted by atomic mass is 16.4. The van der Waals surface area contributed by atoms with E-state index in [4.69, 9.17) is 10.8 Å². The summed E-state index contributed by atoms with van der Waals surface area (Å²) in [6, 6.07) is 0. The van der Waals surface area contributed by atoms with Gasteiger partial charge in [0.05, 0.1) is 0 Å². The summed E-state index contributed by atoms with van der Waals surface area (Å²) in [4.78, 5) is 14.4. The second kappa shape index (κ2) is 4.19. The molecule has 14 heavy (non-hydrogen) atoms. The Labute approximate surface area is 81.7 Å². The number of rotatable bonds is 5. The van der Waals surface area contributed by atoms with Crippen LogP contribution in [0.3, 0.4) is 0 Å². The van der Waals surface area contributed by atoms with Gasteiger partial charge >= 0.3 is 5.97 Å². The van der Waals surface area contributed by atoms with Crippen molar-refractivity contribution >= 4 is 5.97 Å². The molecule has 0 saturated carbocycles. The van der Waals surface area contributed by atoms with E-state index in [0.29, 0.717) is 19.4 Å². The van der Waals surface area contributed by atoms with Crippen LogP contribution in [0.25, 0.3) is 0 Å². The van der Waals surface area contributed by atoms with E-state index in [1.807, 2.05) is 0 Å². The third kappa shape index (κ3) is 2.81. The van der Waals surface area contributed by atoms with Gasteiger partial charge in [0.15, 0.2) is 0 Å². The molecule has 0 aromatic carbocycles. The zero-order chi connectivity index (χ0) is 10.6. The summed E-state index contributed by atoms with van der Waals surface area (Å²) < 4.78 is 1.65. The second-order valence-electron chi connectivity index (χ2n) is 3.48. The number of nitrogens with two attached hydrogens (primary N) is 1. The van der Waals surface area contributed by atoms with Crippen LogP contribution in [0, 0.1) is 0 Å². The number of hydrogen-bond donors (Lipinski definition) is 2. The molecule has 0 aliphatic rings. The third-order valence-corrected chi connectivity index (χ3v) is 2.04. The molecule has 1 unspecified atom stereocenters. The van der Waals surface area contributed by atoms with Crippen LogP contribution in [0.5, 0.6) is 0 Å². The maximum atomic E-state index is 10.7. The Morgan fingerprint density at radius 2 is 2.43 bits per heavy atom. The van der Waals surface area contributed by atoms with Gasteiger partial charge in [-0.25, -0.2) is 4.98 Å². The molecule has 1 aromatic heterocycles. The minimum Gasteiger partial charge on any atom is -0.480 e. The number of nitrogens with zero attached hydrogens (tertiary/aromatic N) is 3. The summed E-state index contributed by atoms with van der Waals surface area (Å²) in [5, 5.41) is 12.6. The molecule has 0 radical (unpaired) electrons. The number of carbonyl (C=O) groups is 1. The van der Waals surface area contributed by atoms with E-state index < -0.39 is 11.5 Å². The Morgan fingerprint density at radius 3 is 2.93 bits per heavy atom. The Balaban J connectivity index is 2.31. The molecule has 0 fully saturated rings. The fraction of sp³-hybridized carbons (Fsp3) is 0.625. The van der Waals surface area contributed by atoms with Crippen molar-refractivity contribution in [2.45, 2.75) is 31.8 Å². The van der Waals surface area contributed by atoms with Crippen molar-refractivity contribution < 1.29 is 9.90 Å². The predicted octanol–water partition coefficient (Wildman–Crippen LogP) is -0.140. The third-order valence-electron chi connectivity index (χ3n) is 2.04. The Morgan fingerprint density at radius 1 is 1.71 bits per heavy atom. The Bertz CT molecular complexity index is 294. The van der Waals surface area contributed by atoms with Crippen molar-refractivity contribution in [1.82, 2.24) is 14.8 Å². The van der Waals surface area contributed by atoms with Crippen LogP contribution < -0.4 is 5.73 Å². The van der Waals surface area contributed by atoms with Crippen molar-refractivity contribution in [2.75, 3.05) is 0 Å². The highest BCUT2D eigenvalue weighted by Gasteiger charge is 2.26. The van der Waals surface area contributed by atoms with Crippen molar-refractivity contribution in [3.63, 3.8) is 0 Å². The van der Waals surface area contributed by atoms with Crippen LogP contribution in [0.15, 0.2) is 12.7 Å². The first-order valence-electron chi connectivity index (χ1n) is 4.37. The molecule has 0 saturated heterocycles. The molecule has 1 rings (SSSR count). The minimum absolute atomic E-state index is 0.419. The molecule has 0 bridgehead atoms. The number of carboxylic acids is 1. The molecule has 0 aliphatic heterocycles. The van der Waals surface area contributed by atoms with Crippen molar-refractivity contribution in [2.24, 2.45) is 5.73 Å². The van der Waals surface area contributed by atoms with Gasteiger partial charge in [-0.05, 0) is 19.8 Å². The number of aryl methyl sites for hydroxylation is 1. The fourth-order valence-corrected chi connectivity index (χ4v) is 1.06. The first-order valence-corrected chi connectivity index (χ1v) is 4.37. The quantitative estimate of drug-likeness (QED) is 0.686. The number of aliphatic carboxylic acids is 1. The van der Waals surface area contributed by atoms with E-state index in [2.05, 4.69) is 10.1 Å². The first kappa shape index (κ1) is 10.6. The molecule has 6 heteroatoms. The van der Waals surface area contributed by atoms with Gasteiger partial charge in [-0.1, -0.05) is 0 Å². The van der Waals surface area contributed by atoms with Gasteiger partial charge in [-0.2, -0.15) is 5.10 Å². The lowest BCUT2D eigenvalue weighted by Crippen LogP contribution is -2.44. The van der Waals surface area contributed by atoms with Crippen LogP contribution in [0.2, 0.25) is 0 Å². The average molecular weight is 198 g/mol. The molecule has 1 heterocycles. The molecular formula is C8H14N4O2. The lowest BCUT2D eigenvalue weighted by atomic mass is 9.98. The predicted molar refractivity (Wildman–Crippen MR) is 49.5 cm³/mol. The fourth-order valence-electron chi connectivity index (χ4n) is 1.06. The average Bonchev–Trinajstić information content (AvgIpc) is 2.56. The summed E-state index contributed by atoms with van der Waals surface area (Å²) >= 11 is 0. The van der Waals surface area contributed by atoms with Gasteiger partial charge in [0.2, 0.25) is 0 Å². The molecule has 0 amide bonds. The molecule has 0 spiro atoms. The number of hydrogen-bond acceptors (Lipinski definition) is 4. The lowest BCUT2D eigenvalue weighted by molar-refractivity contribution is -0.142. The van der Waals surface area contributed by atoms with Crippen LogP contribution in [-0.4, -0.2) is 31.4 Å². The standard InChI is InChI=1S/C8H14N4O2/c1-8(9,7(13)14)3-2-4-12-6-10-5-11-12/h5-6H,2-4,9H2,1H3,(H,13,14). The van der Waals surface area contributed by atoms with Crippen LogP contribution in [0.1, 0.15) is 19.8 Å². The highest BCUT2D eigenvalue weighted by Crippen LogP contribution is 2.09. The van der Waals surface area contributed by atoms with Gasteiger partial charge in [-0.3, -0.25) is 9.48 Å². The van der Waals surface area contributed by atoms with Gasteiger partial charge in [0, 0.05) is 6.54 Å². The SMILES string of the molecule is CC(N)(CCCn1cncn1)C(=O)O. The summed E-state index contributed by atoms with van der Waals surface area (Å²) in [5.74, 6) is -0.976. The highest BCUT2D eigenvalue weighted by molar-refractivity contribution is 5.77. The molecule has 1 atom stereocenters. The van der Waals surface area contributed by atoms with E-state index in [1.165, 1.54) is 13.3 Å². The van der Waals surface area contributed by atoms with Crippen molar-refractivity contribution in [3.8, 4) is 0 Å². The maximum absolute atomic E-state index is 10.7. The molecule has 6 nitrogen and oxygen atoms in total. The molecule has 78 valence electrons. The van der Waals surface area contributed by atoms with E-state index in [9.17, 15) is 4.79 Å². The van der Waals surface area contributed by atoms with Crippen LogP contribution in [0.4, 0.5) is 0 Å². The zero-order valence-electron chi connectivity index (χ0n) is 8.05. The summed E-state index contributed by atoms with van der Waals surface area (Å²) in [6.45, 7) is 2.15. The first-order chi connectivity index (χ1) is 6.52.